The molecule has 0 saturated carbocycles. The molecule has 0 aromatic heterocycles. The molecule has 1 aliphatic rings. The van der Waals surface area contributed by atoms with Crippen molar-refractivity contribution in [2.75, 3.05) is 27.2 Å². The number of sulfonamides is 1. The average Bonchev–Trinajstić information content (AvgIpc) is 2.47. The standard InChI is InChI=1S/C14H22ClN3O2S/c1-17(2)12-5-7-18(8-6-12)21(19,20)13-4-3-11(10-16)14(15)9-13/h3-4,9,12H,5-8,10,16H2,1-2H3. The molecule has 1 heterocycles. The maximum absolute atomic E-state index is 12.6. The van der Waals surface area contributed by atoms with Gasteiger partial charge in [-0.2, -0.15) is 4.31 Å². The van der Waals surface area contributed by atoms with Gasteiger partial charge in [0.1, 0.15) is 0 Å². The van der Waals surface area contributed by atoms with Crippen molar-refractivity contribution in [2.45, 2.75) is 30.3 Å². The van der Waals surface area contributed by atoms with Crippen molar-refractivity contribution in [1.82, 2.24) is 9.21 Å². The number of piperidine rings is 1. The number of hydrogen-bond acceptors (Lipinski definition) is 4. The molecule has 1 saturated heterocycles. The first-order valence-corrected chi connectivity index (χ1v) is 8.83. The van der Waals surface area contributed by atoms with Gasteiger partial charge in [-0.15, -0.1) is 0 Å². The molecule has 1 aliphatic heterocycles. The average molecular weight is 332 g/mol. The van der Waals surface area contributed by atoms with Crippen LogP contribution in [-0.4, -0.2) is 50.8 Å². The summed E-state index contributed by atoms with van der Waals surface area (Å²) in [5, 5.41) is 0.404. The summed E-state index contributed by atoms with van der Waals surface area (Å²) in [6.07, 6.45) is 1.70. The van der Waals surface area contributed by atoms with Crippen LogP contribution in [0.3, 0.4) is 0 Å². The molecule has 0 amide bonds. The minimum absolute atomic E-state index is 0.244. The summed E-state index contributed by atoms with van der Waals surface area (Å²) >= 11 is 6.07. The number of halogens is 1. The molecule has 7 heteroatoms. The van der Waals surface area contributed by atoms with E-state index in [-0.39, 0.29) is 4.90 Å². The van der Waals surface area contributed by atoms with E-state index < -0.39 is 10.0 Å². The van der Waals surface area contributed by atoms with E-state index >= 15 is 0 Å². The van der Waals surface area contributed by atoms with Crippen molar-refractivity contribution >= 4 is 21.6 Å². The second-order valence-corrected chi connectivity index (χ2v) is 7.90. The van der Waals surface area contributed by atoms with E-state index in [1.165, 1.54) is 6.07 Å². The SMILES string of the molecule is CN(C)C1CCN(S(=O)(=O)c2ccc(CN)c(Cl)c2)CC1. The van der Waals surface area contributed by atoms with Gasteiger partial charge in [-0.3, -0.25) is 0 Å². The second-order valence-electron chi connectivity index (χ2n) is 5.56. The lowest BCUT2D eigenvalue weighted by Gasteiger charge is -2.34. The van der Waals surface area contributed by atoms with Gasteiger partial charge in [0.15, 0.2) is 0 Å². The van der Waals surface area contributed by atoms with Crippen LogP contribution >= 0.6 is 11.6 Å². The zero-order chi connectivity index (χ0) is 15.6. The van der Waals surface area contributed by atoms with E-state index in [0.29, 0.717) is 30.7 Å². The summed E-state index contributed by atoms with van der Waals surface area (Å²) in [5.74, 6) is 0. The lowest BCUT2D eigenvalue weighted by molar-refractivity contribution is 0.196. The molecule has 1 aromatic rings. The lowest BCUT2D eigenvalue weighted by atomic mass is 10.1. The van der Waals surface area contributed by atoms with Crippen molar-refractivity contribution in [3.63, 3.8) is 0 Å². The number of nitrogens with two attached hydrogens (primary N) is 1. The Bertz CT molecular complexity index is 596. The van der Waals surface area contributed by atoms with Gasteiger partial charge in [-0.25, -0.2) is 8.42 Å². The van der Waals surface area contributed by atoms with Crippen LogP contribution in [-0.2, 0) is 16.6 Å². The Balaban J connectivity index is 2.17. The highest BCUT2D eigenvalue weighted by Crippen LogP contribution is 2.26. The maximum atomic E-state index is 12.6. The van der Waals surface area contributed by atoms with Crippen LogP contribution in [0.25, 0.3) is 0 Å². The van der Waals surface area contributed by atoms with Crippen LogP contribution in [0, 0.1) is 0 Å². The molecule has 0 spiro atoms. The van der Waals surface area contributed by atoms with Gasteiger partial charge in [0.25, 0.3) is 0 Å². The van der Waals surface area contributed by atoms with Gasteiger partial charge in [0.2, 0.25) is 10.0 Å². The Hall–Kier alpha value is -0.660. The van der Waals surface area contributed by atoms with Crippen molar-refractivity contribution in [3.8, 4) is 0 Å². The highest BCUT2D eigenvalue weighted by atomic mass is 35.5. The normalized spacial score (nSPS) is 18.3. The zero-order valence-electron chi connectivity index (χ0n) is 12.4. The third-order valence-corrected chi connectivity index (χ3v) is 6.28. The van der Waals surface area contributed by atoms with Crippen LogP contribution in [0.1, 0.15) is 18.4 Å². The first-order valence-electron chi connectivity index (χ1n) is 7.01. The molecule has 0 radical (unpaired) electrons. The zero-order valence-corrected chi connectivity index (χ0v) is 14.0. The number of nitrogens with zero attached hydrogens (tertiary/aromatic N) is 2. The molecule has 2 rings (SSSR count). The van der Waals surface area contributed by atoms with Crippen molar-refractivity contribution in [2.24, 2.45) is 5.73 Å². The van der Waals surface area contributed by atoms with Gasteiger partial charge in [-0.05, 0) is 44.6 Å². The summed E-state index contributed by atoms with van der Waals surface area (Å²) in [6, 6.07) is 5.21. The van der Waals surface area contributed by atoms with Gasteiger partial charge >= 0.3 is 0 Å². The monoisotopic (exact) mass is 331 g/mol. The summed E-state index contributed by atoms with van der Waals surface area (Å²) in [5.41, 5.74) is 6.30. The quantitative estimate of drug-likeness (QED) is 0.908. The summed E-state index contributed by atoms with van der Waals surface area (Å²) in [4.78, 5) is 2.39. The summed E-state index contributed by atoms with van der Waals surface area (Å²) in [7, 11) is 0.587. The van der Waals surface area contributed by atoms with Gasteiger partial charge < -0.3 is 10.6 Å². The van der Waals surface area contributed by atoms with E-state index in [9.17, 15) is 8.42 Å². The van der Waals surface area contributed by atoms with Crippen LogP contribution < -0.4 is 5.73 Å². The lowest BCUT2D eigenvalue weighted by Crippen LogP contribution is -2.44. The predicted molar refractivity (Wildman–Crippen MR) is 84.8 cm³/mol. The first kappa shape index (κ1) is 16.7. The van der Waals surface area contributed by atoms with Crippen molar-refractivity contribution < 1.29 is 8.42 Å². The Morgan fingerprint density at radius 2 is 1.95 bits per heavy atom. The maximum Gasteiger partial charge on any atom is 0.243 e. The van der Waals surface area contributed by atoms with Crippen LogP contribution in [0.2, 0.25) is 5.02 Å². The molecule has 0 aliphatic carbocycles. The van der Waals surface area contributed by atoms with Gasteiger partial charge in [-0.1, -0.05) is 17.7 Å². The Kier molecular flexibility index (Phi) is 5.27. The minimum atomic E-state index is -3.47. The largest absolute Gasteiger partial charge is 0.326 e. The molecular formula is C14H22ClN3O2S. The molecular weight excluding hydrogens is 310 g/mol. The third-order valence-electron chi connectivity index (χ3n) is 4.04. The van der Waals surface area contributed by atoms with E-state index in [1.54, 1.807) is 16.4 Å². The smallest absolute Gasteiger partial charge is 0.243 e. The first-order chi connectivity index (χ1) is 9.86. The summed E-state index contributed by atoms with van der Waals surface area (Å²) in [6.45, 7) is 1.39. The summed E-state index contributed by atoms with van der Waals surface area (Å²) < 4.78 is 26.8. The van der Waals surface area contributed by atoms with Crippen molar-refractivity contribution in [3.05, 3.63) is 28.8 Å². The number of benzene rings is 1. The molecule has 118 valence electrons. The Morgan fingerprint density at radius 3 is 2.43 bits per heavy atom. The fourth-order valence-corrected chi connectivity index (χ4v) is 4.42. The molecule has 0 bridgehead atoms. The molecule has 21 heavy (non-hydrogen) atoms. The highest BCUT2D eigenvalue weighted by Gasteiger charge is 2.30. The molecule has 1 aromatic carbocycles. The molecule has 2 N–H and O–H groups in total. The molecule has 0 unspecified atom stereocenters. The van der Waals surface area contributed by atoms with E-state index in [0.717, 1.165) is 18.4 Å². The molecule has 0 atom stereocenters. The van der Waals surface area contributed by atoms with Gasteiger partial charge in [0, 0.05) is 30.7 Å². The van der Waals surface area contributed by atoms with Crippen LogP contribution in [0.5, 0.6) is 0 Å². The minimum Gasteiger partial charge on any atom is -0.326 e. The topological polar surface area (TPSA) is 66.6 Å². The van der Waals surface area contributed by atoms with Gasteiger partial charge in [0.05, 0.1) is 4.90 Å². The predicted octanol–water partition coefficient (Wildman–Crippen LogP) is 1.51. The van der Waals surface area contributed by atoms with Crippen molar-refractivity contribution in [1.29, 1.82) is 0 Å². The number of hydrogen-bond donors (Lipinski definition) is 1. The number of rotatable bonds is 4. The molecule has 5 nitrogen and oxygen atoms in total. The Morgan fingerprint density at radius 1 is 1.33 bits per heavy atom. The van der Waals surface area contributed by atoms with Crippen LogP contribution in [0.4, 0.5) is 0 Å². The van der Waals surface area contributed by atoms with E-state index in [2.05, 4.69) is 4.90 Å². The fraction of sp³-hybridized carbons (Fsp3) is 0.571. The highest BCUT2D eigenvalue weighted by molar-refractivity contribution is 7.89. The second kappa shape index (κ2) is 6.62. The fourth-order valence-electron chi connectivity index (χ4n) is 2.60. The molecule has 1 fully saturated rings. The Labute approximate surface area is 131 Å². The van der Waals surface area contributed by atoms with E-state index in [4.69, 9.17) is 17.3 Å². The van der Waals surface area contributed by atoms with E-state index in [1.807, 2.05) is 14.1 Å². The van der Waals surface area contributed by atoms with Crippen LogP contribution in [0.15, 0.2) is 23.1 Å². The third kappa shape index (κ3) is 3.57.